The van der Waals surface area contributed by atoms with Crippen LogP contribution in [0.25, 0.3) is 0 Å². The maximum Gasteiger partial charge on any atom is 0.225 e. The van der Waals surface area contributed by atoms with E-state index in [4.69, 9.17) is 22.6 Å². The third kappa shape index (κ3) is 6.85. The largest absolute Gasteiger partial charge is 0.726 e. The molecule has 16 heavy (non-hydrogen) atoms. The lowest BCUT2D eigenvalue weighted by Gasteiger charge is -1.90. The number of aliphatic hydroxyl groups is 1. The number of thiazole rings is 1. The molecule has 0 aliphatic heterocycles. The maximum atomic E-state index is 8.72. The molecule has 0 aliphatic rings. The molecule has 1 aromatic rings. The molecule has 94 valence electrons. The minimum Gasteiger partial charge on any atom is -0.726 e. The highest BCUT2D eigenvalue weighted by Gasteiger charge is 2.11. The fourth-order valence-electron chi connectivity index (χ4n) is 1.10. The quantitative estimate of drug-likeness (QED) is 0.453. The summed E-state index contributed by atoms with van der Waals surface area (Å²) in [5.41, 5.74) is 3.41. The Morgan fingerprint density at radius 3 is 2.38 bits per heavy atom. The van der Waals surface area contributed by atoms with E-state index in [1.165, 1.54) is 10.6 Å². The van der Waals surface area contributed by atoms with Crippen molar-refractivity contribution in [3.05, 3.63) is 16.1 Å². The Kier molecular flexibility index (Phi) is 6.68. The second kappa shape index (κ2) is 6.92. The van der Waals surface area contributed by atoms with Gasteiger partial charge in [-0.3, -0.25) is 4.55 Å². The van der Waals surface area contributed by atoms with Crippen LogP contribution in [-0.2, 0) is 23.4 Å². The SMILES string of the molecule is CC[n+]1csc(CCO)c1C.O=S(=O)([O-])O. The zero-order valence-corrected chi connectivity index (χ0v) is 10.7. The summed E-state index contributed by atoms with van der Waals surface area (Å²) in [5, 5.41) is 8.72. The number of rotatable bonds is 3. The Morgan fingerprint density at radius 2 is 2.06 bits per heavy atom. The van der Waals surface area contributed by atoms with E-state index < -0.39 is 10.4 Å². The van der Waals surface area contributed by atoms with Crippen molar-refractivity contribution in [2.75, 3.05) is 6.61 Å². The lowest BCUT2D eigenvalue weighted by atomic mass is 10.3. The van der Waals surface area contributed by atoms with E-state index in [2.05, 4.69) is 23.9 Å². The van der Waals surface area contributed by atoms with Crippen LogP contribution in [0.1, 0.15) is 17.5 Å². The molecule has 1 aromatic heterocycles. The molecule has 0 aliphatic carbocycles. The lowest BCUT2D eigenvalue weighted by Crippen LogP contribution is -2.32. The summed E-state index contributed by atoms with van der Waals surface area (Å²) in [5.74, 6) is 0. The van der Waals surface area contributed by atoms with Crippen LogP contribution < -0.4 is 4.57 Å². The van der Waals surface area contributed by atoms with Crippen molar-refractivity contribution in [3.63, 3.8) is 0 Å². The van der Waals surface area contributed by atoms with Crippen molar-refractivity contribution in [1.82, 2.24) is 0 Å². The first-order valence-electron chi connectivity index (χ1n) is 4.55. The third-order valence-electron chi connectivity index (χ3n) is 1.84. The minimum atomic E-state index is -4.92. The topological polar surface area (TPSA) is 102 Å². The Morgan fingerprint density at radius 1 is 1.56 bits per heavy atom. The molecule has 0 radical (unpaired) electrons. The highest BCUT2D eigenvalue weighted by Crippen LogP contribution is 2.10. The summed E-state index contributed by atoms with van der Waals surface area (Å²) >= 11 is 1.73. The normalized spacial score (nSPS) is 10.8. The van der Waals surface area contributed by atoms with E-state index in [1.807, 2.05) is 0 Å². The van der Waals surface area contributed by atoms with Gasteiger partial charge in [-0.05, 0) is 6.92 Å². The van der Waals surface area contributed by atoms with Gasteiger partial charge in [-0.1, -0.05) is 11.3 Å². The van der Waals surface area contributed by atoms with Gasteiger partial charge in [-0.25, -0.2) is 8.42 Å². The van der Waals surface area contributed by atoms with Crippen molar-refractivity contribution < 1.29 is 27.2 Å². The van der Waals surface area contributed by atoms with Gasteiger partial charge >= 0.3 is 0 Å². The van der Waals surface area contributed by atoms with E-state index in [9.17, 15) is 0 Å². The second-order valence-corrected chi connectivity index (χ2v) is 4.71. The van der Waals surface area contributed by atoms with Gasteiger partial charge in [-0.15, -0.1) is 0 Å². The summed E-state index contributed by atoms with van der Waals surface area (Å²) in [4.78, 5) is 1.30. The van der Waals surface area contributed by atoms with Gasteiger partial charge in [0.25, 0.3) is 0 Å². The van der Waals surface area contributed by atoms with Gasteiger partial charge in [0.2, 0.25) is 15.9 Å². The van der Waals surface area contributed by atoms with Crippen LogP contribution in [0.5, 0.6) is 0 Å². The number of hydrogen-bond donors (Lipinski definition) is 2. The smallest absolute Gasteiger partial charge is 0.225 e. The summed E-state index contributed by atoms with van der Waals surface area (Å²) in [7, 11) is -4.92. The van der Waals surface area contributed by atoms with Crippen LogP contribution >= 0.6 is 11.3 Å². The monoisotopic (exact) mass is 269 g/mol. The van der Waals surface area contributed by atoms with Crippen LogP contribution in [0, 0.1) is 6.92 Å². The van der Waals surface area contributed by atoms with Gasteiger partial charge in [0.1, 0.15) is 6.54 Å². The van der Waals surface area contributed by atoms with Crippen LogP contribution in [-0.4, -0.2) is 29.2 Å². The van der Waals surface area contributed by atoms with Gasteiger partial charge in [0, 0.05) is 20.0 Å². The van der Waals surface area contributed by atoms with E-state index >= 15 is 0 Å². The van der Waals surface area contributed by atoms with Crippen LogP contribution in [0.4, 0.5) is 0 Å². The first-order chi connectivity index (χ1) is 7.29. The van der Waals surface area contributed by atoms with Crippen molar-refractivity contribution in [3.8, 4) is 0 Å². The Balaban J connectivity index is 0.000000385. The fourth-order valence-corrected chi connectivity index (χ4v) is 2.16. The molecule has 0 fully saturated rings. The molecule has 0 bridgehead atoms. The van der Waals surface area contributed by atoms with Crippen LogP contribution in [0.2, 0.25) is 0 Å². The molecule has 0 saturated carbocycles. The highest BCUT2D eigenvalue weighted by atomic mass is 32.3. The molecule has 2 N–H and O–H groups in total. The van der Waals surface area contributed by atoms with Gasteiger partial charge in [0.15, 0.2) is 5.69 Å². The highest BCUT2D eigenvalue weighted by molar-refractivity contribution is 7.79. The van der Waals surface area contributed by atoms with Crippen LogP contribution in [0.15, 0.2) is 5.51 Å². The zero-order chi connectivity index (χ0) is 12.8. The maximum absolute atomic E-state index is 8.72. The van der Waals surface area contributed by atoms with Gasteiger partial charge in [-0.2, -0.15) is 4.57 Å². The van der Waals surface area contributed by atoms with Crippen molar-refractivity contribution in [2.45, 2.75) is 26.8 Å². The van der Waals surface area contributed by atoms with Gasteiger partial charge < -0.3 is 9.66 Å². The molecule has 0 amide bonds. The predicted octanol–water partition coefficient (Wildman–Crippen LogP) is -0.0967. The van der Waals surface area contributed by atoms with Gasteiger partial charge in [0.05, 0.1) is 4.88 Å². The molecule has 8 heteroatoms. The summed E-state index contributed by atoms with van der Waals surface area (Å²) in [6, 6.07) is 0. The number of aryl methyl sites for hydroxylation is 1. The van der Waals surface area contributed by atoms with Crippen molar-refractivity contribution in [2.24, 2.45) is 0 Å². The van der Waals surface area contributed by atoms with E-state index in [0.29, 0.717) is 0 Å². The molecular weight excluding hydrogens is 254 g/mol. The Bertz CT molecular complexity index is 404. The third-order valence-corrected chi connectivity index (χ3v) is 2.98. The van der Waals surface area contributed by atoms with Crippen molar-refractivity contribution >= 4 is 21.7 Å². The first kappa shape index (κ1) is 15.5. The summed E-state index contributed by atoms with van der Waals surface area (Å²) in [6.07, 6.45) is 0.795. The number of aliphatic hydroxyl groups excluding tert-OH is 1. The molecule has 0 spiro atoms. The predicted molar refractivity (Wildman–Crippen MR) is 58.0 cm³/mol. The summed E-state index contributed by atoms with van der Waals surface area (Å²) in [6.45, 7) is 5.51. The summed E-state index contributed by atoms with van der Waals surface area (Å²) < 4.78 is 35.0. The molecule has 0 atom stereocenters. The van der Waals surface area contributed by atoms with Crippen LogP contribution in [0.3, 0.4) is 0 Å². The first-order valence-corrected chi connectivity index (χ1v) is 6.79. The average Bonchev–Trinajstić information content (AvgIpc) is 2.46. The number of nitrogens with zero attached hydrogens (tertiary/aromatic N) is 1. The molecule has 0 saturated heterocycles. The Hall–Kier alpha value is -0.540. The van der Waals surface area contributed by atoms with E-state index in [1.54, 1.807) is 11.3 Å². The fraction of sp³-hybridized carbons (Fsp3) is 0.625. The minimum absolute atomic E-state index is 0.255. The molecule has 0 aromatic carbocycles. The number of aromatic nitrogens is 1. The molecule has 6 nitrogen and oxygen atoms in total. The molecular formula is C8H15NO5S2. The molecule has 0 unspecified atom stereocenters. The van der Waals surface area contributed by atoms with E-state index in [0.717, 1.165) is 13.0 Å². The number of hydrogen-bond acceptors (Lipinski definition) is 5. The lowest BCUT2D eigenvalue weighted by molar-refractivity contribution is -0.694. The second-order valence-electron chi connectivity index (χ2n) is 2.92. The zero-order valence-electron chi connectivity index (χ0n) is 9.08. The van der Waals surface area contributed by atoms with Crippen molar-refractivity contribution in [1.29, 1.82) is 0 Å². The standard InChI is InChI=1S/C8H14NOS.H2O4S/c1-3-9-6-11-8(4-5-10)7(9)2;1-5(2,3)4/h6,10H,3-5H2,1-2H3;(H2,1,2,3,4)/q+1;/p-1. The Labute approximate surface area is 98.8 Å². The average molecular weight is 269 g/mol. The molecule has 1 rings (SSSR count). The van der Waals surface area contributed by atoms with E-state index in [-0.39, 0.29) is 6.61 Å². The molecule has 1 heterocycles.